The first-order chi connectivity index (χ1) is 9.70. The molecular formula is C16H22N4. The minimum absolute atomic E-state index is 0.762. The summed E-state index contributed by atoms with van der Waals surface area (Å²) in [6.45, 7) is 6.68. The minimum Gasteiger partial charge on any atom is -0.354 e. The van der Waals surface area contributed by atoms with E-state index in [2.05, 4.69) is 46.3 Å². The Balaban J connectivity index is 2.14. The summed E-state index contributed by atoms with van der Waals surface area (Å²) in [5.41, 5.74) is 3.32. The van der Waals surface area contributed by atoms with Crippen molar-refractivity contribution in [3.8, 4) is 0 Å². The molecule has 0 saturated heterocycles. The Hall–Kier alpha value is -1.94. The maximum atomic E-state index is 4.55. The summed E-state index contributed by atoms with van der Waals surface area (Å²) in [6.07, 6.45) is 1.84. The smallest absolute Gasteiger partial charge is 0.133 e. The number of nitrogens with one attached hydrogen (secondary N) is 1. The van der Waals surface area contributed by atoms with Crippen molar-refractivity contribution < 1.29 is 0 Å². The number of hydrogen-bond acceptors (Lipinski definition) is 4. The van der Waals surface area contributed by atoms with E-state index in [0.29, 0.717) is 0 Å². The molecule has 1 N–H and O–H groups in total. The lowest BCUT2D eigenvalue weighted by Gasteiger charge is -2.21. The molecule has 0 fully saturated rings. The van der Waals surface area contributed by atoms with E-state index in [1.807, 2.05) is 31.3 Å². The Bertz CT molecular complexity index is 554. The van der Waals surface area contributed by atoms with Crippen LogP contribution in [-0.4, -0.2) is 23.6 Å². The second-order valence-electron chi connectivity index (χ2n) is 4.89. The van der Waals surface area contributed by atoms with Crippen LogP contribution in [0.4, 0.5) is 5.82 Å². The molecule has 0 saturated carbocycles. The van der Waals surface area contributed by atoms with E-state index in [1.54, 1.807) is 0 Å². The van der Waals surface area contributed by atoms with E-state index >= 15 is 0 Å². The van der Waals surface area contributed by atoms with Crippen LogP contribution in [0.2, 0.25) is 0 Å². The lowest BCUT2D eigenvalue weighted by atomic mass is 10.2. The molecule has 0 radical (unpaired) electrons. The highest BCUT2D eigenvalue weighted by Gasteiger charge is 2.09. The largest absolute Gasteiger partial charge is 0.354 e. The van der Waals surface area contributed by atoms with Gasteiger partial charge >= 0.3 is 0 Å². The second kappa shape index (κ2) is 7.01. The predicted octanol–water partition coefficient (Wildman–Crippen LogP) is 2.53. The van der Waals surface area contributed by atoms with Gasteiger partial charge in [0.05, 0.1) is 12.2 Å². The van der Waals surface area contributed by atoms with Crippen LogP contribution >= 0.6 is 0 Å². The van der Waals surface area contributed by atoms with Crippen LogP contribution in [0.5, 0.6) is 0 Å². The Labute approximate surface area is 120 Å². The van der Waals surface area contributed by atoms with Gasteiger partial charge in [-0.2, -0.15) is 0 Å². The molecule has 0 unspecified atom stereocenters. The van der Waals surface area contributed by atoms with E-state index < -0.39 is 0 Å². The van der Waals surface area contributed by atoms with Gasteiger partial charge in [-0.15, -0.1) is 0 Å². The van der Waals surface area contributed by atoms with Gasteiger partial charge < -0.3 is 10.2 Å². The molecule has 0 bridgehead atoms. The van der Waals surface area contributed by atoms with E-state index in [9.17, 15) is 0 Å². The third kappa shape index (κ3) is 3.78. The highest BCUT2D eigenvalue weighted by Crippen LogP contribution is 2.17. The topological polar surface area (TPSA) is 41.1 Å². The standard InChI is InChI=1S/C16H22N4/c1-4-17-11-14-8-6-10-18-16(14)20(3)12-15-9-5-7-13(2)19-15/h5-10,17H,4,11-12H2,1-3H3. The van der Waals surface area contributed by atoms with Gasteiger partial charge in [0.25, 0.3) is 0 Å². The molecule has 2 rings (SSSR count). The average molecular weight is 270 g/mol. The maximum Gasteiger partial charge on any atom is 0.133 e. The van der Waals surface area contributed by atoms with E-state index in [0.717, 1.165) is 36.8 Å². The van der Waals surface area contributed by atoms with Crippen molar-refractivity contribution >= 4 is 5.82 Å². The number of aromatic nitrogens is 2. The predicted molar refractivity (Wildman–Crippen MR) is 82.7 cm³/mol. The molecule has 0 spiro atoms. The van der Waals surface area contributed by atoms with Gasteiger partial charge in [-0.1, -0.05) is 19.1 Å². The molecule has 2 aromatic heterocycles. The van der Waals surface area contributed by atoms with Crippen molar-refractivity contribution in [3.63, 3.8) is 0 Å². The molecule has 20 heavy (non-hydrogen) atoms. The van der Waals surface area contributed by atoms with Gasteiger partial charge in [0.2, 0.25) is 0 Å². The van der Waals surface area contributed by atoms with Crippen LogP contribution in [0.3, 0.4) is 0 Å². The Morgan fingerprint density at radius 1 is 1.20 bits per heavy atom. The number of pyridine rings is 2. The fraction of sp³-hybridized carbons (Fsp3) is 0.375. The molecule has 2 aromatic rings. The first-order valence-electron chi connectivity index (χ1n) is 6.99. The van der Waals surface area contributed by atoms with Gasteiger partial charge in [0, 0.05) is 31.0 Å². The Morgan fingerprint density at radius 2 is 2.05 bits per heavy atom. The number of rotatable bonds is 6. The molecular weight excluding hydrogens is 248 g/mol. The van der Waals surface area contributed by atoms with Gasteiger partial charge in [0.1, 0.15) is 5.82 Å². The number of nitrogens with zero attached hydrogens (tertiary/aromatic N) is 3. The van der Waals surface area contributed by atoms with Crippen LogP contribution in [0.1, 0.15) is 23.9 Å². The summed E-state index contributed by atoms with van der Waals surface area (Å²) in [7, 11) is 2.06. The lowest BCUT2D eigenvalue weighted by Crippen LogP contribution is -2.22. The van der Waals surface area contributed by atoms with Crippen LogP contribution < -0.4 is 10.2 Å². The second-order valence-corrected chi connectivity index (χ2v) is 4.89. The minimum atomic E-state index is 0.762. The average Bonchev–Trinajstić information content (AvgIpc) is 2.45. The zero-order chi connectivity index (χ0) is 14.4. The van der Waals surface area contributed by atoms with Crippen LogP contribution in [0.15, 0.2) is 36.5 Å². The van der Waals surface area contributed by atoms with Crippen molar-refractivity contribution in [2.24, 2.45) is 0 Å². The van der Waals surface area contributed by atoms with Crippen molar-refractivity contribution in [1.82, 2.24) is 15.3 Å². The zero-order valence-electron chi connectivity index (χ0n) is 12.4. The van der Waals surface area contributed by atoms with Crippen LogP contribution in [0, 0.1) is 6.92 Å². The van der Waals surface area contributed by atoms with Crippen molar-refractivity contribution in [2.45, 2.75) is 26.9 Å². The summed E-state index contributed by atoms with van der Waals surface area (Å²) in [4.78, 5) is 11.2. The fourth-order valence-corrected chi connectivity index (χ4v) is 2.18. The molecule has 4 nitrogen and oxygen atoms in total. The first-order valence-corrected chi connectivity index (χ1v) is 6.99. The summed E-state index contributed by atoms with van der Waals surface area (Å²) >= 11 is 0. The molecule has 4 heteroatoms. The van der Waals surface area contributed by atoms with Gasteiger partial charge in [-0.25, -0.2) is 4.98 Å². The third-order valence-corrected chi connectivity index (χ3v) is 3.14. The molecule has 0 amide bonds. The van der Waals surface area contributed by atoms with Crippen molar-refractivity contribution in [2.75, 3.05) is 18.5 Å². The number of anilines is 1. The SMILES string of the molecule is CCNCc1cccnc1N(C)Cc1cccc(C)n1. The molecule has 0 aliphatic rings. The third-order valence-electron chi connectivity index (χ3n) is 3.14. The van der Waals surface area contributed by atoms with Gasteiger partial charge in [0.15, 0.2) is 0 Å². The summed E-state index contributed by atoms with van der Waals surface area (Å²) in [5, 5.41) is 3.35. The van der Waals surface area contributed by atoms with Crippen LogP contribution in [-0.2, 0) is 13.1 Å². The molecule has 0 atom stereocenters. The van der Waals surface area contributed by atoms with E-state index in [-0.39, 0.29) is 0 Å². The number of hydrogen-bond donors (Lipinski definition) is 1. The van der Waals surface area contributed by atoms with E-state index in [1.165, 1.54) is 5.56 Å². The highest BCUT2D eigenvalue weighted by molar-refractivity contribution is 5.46. The Kier molecular flexibility index (Phi) is 5.07. The summed E-state index contributed by atoms with van der Waals surface area (Å²) < 4.78 is 0. The fourth-order valence-electron chi connectivity index (χ4n) is 2.18. The summed E-state index contributed by atoms with van der Waals surface area (Å²) in [5.74, 6) is 1.01. The maximum absolute atomic E-state index is 4.55. The zero-order valence-corrected chi connectivity index (χ0v) is 12.4. The quantitative estimate of drug-likeness (QED) is 0.876. The Morgan fingerprint density at radius 3 is 2.80 bits per heavy atom. The van der Waals surface area contributed by atoms with Crippen molar-refractivity contribution in [3.05, 3.63) is 53.5 Å². The normalized spacial score (nSPS) is 10.6. The monoisotopic (exact) mass is 270 g/mol. The van der Waals surface area contributed by atoms with Gasteiger partial charge in [-0.05, 0) is 31.7 Å². The van der Waals surface area contributed by atoms with E-state index in [4.69, 9.17) is 0 Å². The number of aryl methyl sites for hydroxylation is 1. The van der Waals surface area contributed by atoms with Crippen molar-refractivity contribution in [1.29, 1.82) is 0 Å². The van der Waals surface area contributed by atoms with Gasteiger partial charge in [-0.3, -0.25) is 4.98 Å². The molecule has 0 aliphatic carbocycles. The molecule has 0 aromatic carbocycles. The first kappa shape index (κ1) is 14.5. The van der Waals surface area contributed by atoms with Crippen LogP contribution in [0.25, 0.3) is 0 Å². The summed E-state index contributed by atoms with van der Waals surface area (Å²) in [6, 6.07) is 10.2. The molecule has 2 heterocycles. The lowest BCUT2D eigenvalue weighted by molar-refractivity contribution is 0.718. The molecule has 0 aliphatic heterocycles. The molecule has 106 valence electrons. The highest BCUT2D eigenvalue weighted by atomic mass is 15.2.